The molecule has 4 aliphatic carbocycles. The Balaban J connectivity index is 1.84. The molecule has 154 valence electrons. The lowest BCUT2D eigenvalue weighted by molar-refractivity contribution is -0.179. The summed E-state index contributed by atoms with van der Waals surface area (Å²) >= 11 is 7.30. The Hall–Kier alpha value is -1.01. The summed E-state index contributed by atoms with van der Waals surface area (Å²) in [5.41, 5.74) is -2.25. The molecule has 0 spiro atoms. The molecule has 0 aromatic heterocycles. The maximum absolute atomic E-state index is 12.6. The topological polar surface area (TPSA) is 94.8 Å². The van der Waals surface area contributed by atoms with E-state index in [1.54, 1.807) is 6.08 Å². The lowest BCUT2D eigenvalue weighted by atomic mass is 9.45. The predicted molar refractivity (Wildman–Crippen MR) is 105 cm³/mol. The van der Waals surface area contributed by atoms with Crippen LogP contribution in [0.15, 0.2) is 23.8 Å². The number of aliphatic hydroxyl groups is 3. The van der Waals surface area contributed by atoms with Crippen molar-refractivity contribution in [3.8, 4) is 0 Å². The summed E-state index contributed by atoms with van der Waals surface area (Å²) in [6.45, 7) is 4.97. The fourth-order valence-corrected chi connectivity index (χ4v) is 7.78. The first kappa shape index (κ1) is 20.3. The van der Waals surface area contributed by atoms with Gasteiger partial charge in [0.05, 0.1) is 11.0 Å². The van der Waals surface area contributed by atoms with E-state index < -0.39 is 39.8 Å². The highest BCUT2D eigenvalue weighted by molar-refractivity contribution is 6.26. The maximum Gasteiger partial charge on any atom is 0.190 e. The smallest absolute Gasteiger partial charge is 0.190 e. The molecule has 3 fully saturated rings. The van der Waals surface area contributed by atoms with Crippen LogP contribution in [0.25, 0.3) is 0 Å². The molecule has 0 aliphatic heterocycles. The van der Waals surface area contributed by atoms with Gasteiger partial charge in [-0.15, -0.1) is 11.6 Å². The van der Waals surface area contributed by atoms with Crippen LogP contribution in [0.1, 0.15) is 46.5 Å². The van der Waals surface area contributed by atoms with E-state index in [1.807, 2.05) is 26.8 Å². The third-order valence-corrected chi connectivity index (χ3v) is 9.72. The van der Waals surface area contributed by atoms with Gasteiger partial charge in [0.15, 0.2) is 11.6 Å². The van der Waals surface area contributed by atoms with Gasteiger partial charge in [-0.3, -0.25) is 9.59 Å². The van der Waals surface area contributed by atoms with Gasteiger partial charge in [0.25, 0.3) is 0 Å². The molecular formula is C22H29ClO5. The Bertz CT molecular complexity index is 805. The van der Waals surface area contributed by atoms with Crippen LogP contribution in [0.4, 0.5) is 0 Å². The van der Waals surface area contributed by atoms with E-state index in [2.05, 4.69) is 0 Å². The van der Waals surface area contributed by atoms with Crippen molar-refractivity contribution in [3.05, 3.63) is 23.8 Å². The number of allylic oxidation sites excluding steroid dienone is 4. The average Bonchev–Trinajstić information content (AvgIpc) is 2.84. The van der Waals surface area contributed by atoms with Crippen LogP contribution in [-0.4, -0.2) is 50.1 Å². The van der Waals surface area contributed by atoms with Crippen LogP contribution in [0.2, 0.25) is 0 Å². The second-order valence-corrected chi connectivity index (χ2v) is 10.4. The number of carbonyl (C=O) groups is 2. The quantitative estimate of drug-likeness (QED) is 0.608. The zero-order chi connectivity index (χ0) is 20.7. The van der Waals surface area contributed by atoms with Crippen molar-refractivity contribution >= 4 is 23.2 Å². The van der Waals surface area contributed by atoms with E-state index in [4.69, 9.17) is 11.6 Å². The number of ketones is 2. The maximum atomic E-state index is 12.6. The molecule has 5 nitrogen and oxygen atoms in total. The van der Waals surface area contributed by atoms with Gasteiger partial charge in [-0.1, -0.05) is 32.4 Å². The van der Waals surface area contributed by atoms with Gasteiger partial charge in [0.2, 0.25) is 0 Å². The van der Waals surface area contributed by atoms with E-state index >= 15 is 0 Å². The normalized spacial score (nSPS) is 52.5. The Morgan fingerprint density at radius 3 is 2.64 bits per heavy atom. The van der Waals surface area contributed by atoms with Crippen molar-refractivity contribution in [1.82, 2.24) is 0 Å². The molecule has 0 amide bonds. The molecule has 8 atom stereocenters. The first-order valence-electron chi connectivity index (χ1n) is 10.1. The first-order chi connectivity index (χ1) is 13.0. The fourth-order valence-electron chi connectivity index (χ4n) is 7.26. The zero-order valence-corrected chi connectivity index (χ0v) is 17.4. The SMILES string of the molecule is C[C@@H]1C[C@H]2[C@@H]3CCC4=CC(=O)C=C[C@]4(C)C3(Cl)C(O)C[C@]2(C)[C@@]1(O)C(=O)CO. The number of hydrogen-bond donors (Lipinski definition) is 3. The Morgan fingerprint density at radius 2 is 2.00 bits per heavy atom. The number of hydrogen-bond acceptors (Lipinski definition) is 5. The number of carbonyl (C=O) groups excluding carboxylic acids is 2. The van der Waals surface area contributed by atoms with Crippen molar-refractivity contribution in [2.24, 2.45) is 28.6 Å². The molecule has 2 unspecified atom stereocenters. The van der Waals surface area contributed by atoms with E-state index in [-0.39, 0.29) is 30.0 Å². The van der Waals surface area contributed by atoms with Crippen molar-refractivity contribution in [2.45, 2.75) is 63.0 Å². The lowest BCUT2D eigenvalue weighted by Crippen LogP contribution is -2.69. The molecule has 0 heterocycles. The Morgan fingerprint density at radius 1 is 1.32 bits per heavy atom. The van der Waals surface area contributed by atoms with Crippen molar-refractivity contribution in [2.75, 3.05) is 6.61 Å². The second kappa shape index (κ2) is 6.00. The second-order valence-electron chi connectivity index (χ2n) is 9.75. The summed E-state index contributed by atoms with van der Waals surface area (Å²) in [4.78, 5) is 23.5. The molecular weight excluding hydrogens is 380 g/mol. The van der Waals surface area contributed by atoms with Crippen LogP contribution in [0, 0.1) is 28.6 Å². The molecule has 4 aliphatic rings. The highest BCUT2D eigenvalue weighted by Crippen LogP contribution is 2.71. The number of fused-ring (bicyclic) bond motifs is 5. The van der Waals surface area contributed by atoms with Gasteiger partial charge in [-0.05, 0) is 55.6 Å². The van der Waals surface area contributed by atoms with Gasteiger partial charge in [0.1, 0.15) is 12.2 Å². The van der Waals surface area contributed by atoms with Crippen LogP contribution in [0.3, 0.4) is 0 Å². The monoisotopic (exact) mass is 408 g/mol. The van der Waals surface area contributed by atoms with Crippen LogP contribution < -0.4 is 0 Å². The average molecular weight is 409 g/mol. The van der Waals surface area contributed by atoms with E-state index in [0.29, 0.717) is 19.3 Å². The summed E-state index contributed by atoms with van der Waals surface area (Å²) in [6, 6.07) is 0. The van der Waals surface area contributed by atoms with Crippen molar-refractivity contribution in [1.29, 1.82) is 0 Å². The molecule has 0 aromatic rings. The Labute approximate surface area is 170 Å². The summed E-state index contributed by atoms with van der Waals surface area (Å²) in [6.07, 6.45) is 6.22. The molecule has 3 saturated carbocycles. The van der Waals surface area contributed by atoms with Gasteiger partial charge >= 0.3 is 0 Å². The minimum Gasteiger partial charge on any atom is -0.391 e. The largest absolute Gasteiger partial charge is 0.391 e. The molecule has 3 N–H and O–H groups in total. The van der Waals surface area contributed by atoms with Crippen LogP contribution in [0.5, 0.6) is 0 Å². The lowest BCUT2D eigenvalue weighted by Gasteiger charge is -2.63. The van der Waals surface area contributed by atoms with Gasteiger partial charge < -0.3 is 15.3 Å². The number of halogens is 1. The molecule has 0 aromatic carbocycles. The molecule has 6 heteroatoms. The van der Waals surface area contributed by atoms with E-state index in [1.165, 1.54) is 6.08 Å². The molecule has 4 rings (SSSR count). The highest BCUT2D eigenvalue weighted by atomic mass is 35.5. The first-order valence-corrected chi connectivity index (χ1v) is 10.5. The number of rotatable bonds is 2. The van der Waals surface area contributed by atoms with E-state index in [9.17, 15) is 24.9 Å². The minimum atomic E-state index is -1.68. The van der Waals surface area contributed by atoms with E-state index in [0.717, 1.165) is 5.57 Å². The number of alkyl halides is 1. The summed E-state index contributed by atoms with van der Waals surface area (Å²) in [7, 11) is 0. The third-order valence-electron chi connectivity index (χ3n) is 8.79. The van der Waals surface area contributed by atoms with Gasteiger partial charge in [-0.25, -0.2) is 0 Å². The fraction of sp³-hybridized carbons (Fsp3) is 0.727. The van der Waals surface area contributed by atoms with Crippen molar-refractivity contribution < 1.29 is 24.9 Å². The third kappa shape index (κ3) is 2.09. The number of Topliss-reactive ketones (excluding diaryl/α,β-unsaturated/α-hetero) is 1. The highest BCUT2D eigenvalue weighted by Gasteiger charge is 2.74. The van der Waals surface area contributed by atoms with Crippen LogP contribution in [-0.2, 0) is 9.59 Å². The Kier molecular flexibility index (Phi) is 4.35. The van der Waals surface area contributed by atoms with Gasteiger partial charge in [-0.2, -0.15) is 0 Å². The number of aliphatic hydroxyl groups excluding tert-OH is 2. The van der Waals surface area contributed by atoms with Gasteiger partial charge in [0, 0.05) is 10.8 Å². The molecule has 0 saturated heterocycles. The predicted octanol–water partition coefficient (Wildman–Crippen LogP) is 2.17. The zero-order valence-electron chi connectivity index (χ0n) is 16.6. The molecule has 0 radical (unpaired) electrons. The minimum absolute atomic E-state index is 0.0567. The molecule has 28 heavy (non-hydrogen) atoms. The molecule has 0 bridgehead atoms. The van der Waals surface area contributed by atoms with Crippen LogP contribution >= 0.6 is 11.6 Å². The summed E-state index contributed by atoms with van der Waals surface area (Å²) < 4.78 is 0. The standard InChI is InChI=1S/C22H29ClO5/c1-12-8-16-15-5-4-13-9-14(25)6-7-19(13,2)21(15,23)17(26)10-20(16,3)22(12,28)18(27)11-24/h6-7,9,12,15-17,24,26,28H,4-5,8,10-11H2,1-3H3/t12-,15+,16+,17?,19+,20+,21?,22+/m1/s1. The summed E-state index contributed by atoms with van der Waals surface area (Å²) in [5.74, 6) is -1.15. The summed E-state index contributed by atoms with van der Waals surface area (Å²) in [5, 5.41) is 32.3. The van der Waals surface area contributed by atoms with Crippen molar-refractivity contribution in [3.63, 3.8) is 0 Å².